The molecule has 2 N–H and O–H groups in total. The van der Waals surface area contributed by atoms with Gasteiger partial charge in [0, 0.05) is 36.4 Å². The molecular formula is C23H23N3O. The zero-order valence-corrected chi connectivity index (χ0v) is 15.6. The number of benzene rings is 2. The highest BCUT2D eigenvalue weighted by molar-refractivity contribution is 5.92. The summed E-state index contributed by atoms with van der Waals surface area (Å²) in [6, 6.07) is 17.7. The Bertz CT molecular complexity index is 1080. The van der Waals surface area contributed by atoms with E-state index in [1.807, 2.05) is 60.7 Å². The van der Waals surface area contributed by atoms with E-state index in [2.05, 4.69) is 18.3 Å². The van der Waals surface area contributed by atoms with Gasteiger partial charge in [0.05, 0.1) is 5.39 Å². The van der Waals surface area contributed by atoms with Crippen LogP contribution in [-0.4, -0.2) is 17.8 Å². The Labute approximate surface area is 159 Å². The summed E-state index contributed by atoms with van der Waals surface area (Å²) in [5.74, 6) is 0. The van der Waals surface area contributed by atoms with E-state index in [4.69, 9.17) is 5.41 Å². The van der Waals surface area contributed by atoms with Crippen molar-refractivity contribution in [3.05, 3.63) is 94.1 Å². The number of nitrogens with one attached hydrogen (secondary N) is 2. The first kappa shape index (κ1) is 18.4. The number of nitrogens with zero attached hydrogens (tertiary/aromatic N) is 1. The summed E-state index contributed by atoms with van der Waals surface area (Å²) >= 11 is 0. The van der Waals surface area contributed by atoms with E-state index in [-0.39, 0.29) is 5.56 Å². The number of hydrogen-bond donors (Lipinski definition) is 2. The van der Waals surface area contributed by atoms with Crippen LogP contribution in [0.3, 0.4) is 0 Å². The van der Waals surface area contributed by atoms with Crippen molar-refractivity contribution in [3.63, 3.8) is 0 Å². The molecule has 0 spiro atoms. The van der Waals surface area contributed by atoms with Gasteiger partial charge in [0.1, 0.15) is 0 Å². The van der Waals surface area contributed by atoms with Gasteiger partial charge in [-0.2, -0.15) is 0 Å². The number of para-hydroxylation sites is 1. The summed E-state index contributed by atoms with van der Waals surface area (Å²) in [4.78, 5) is 13.4. The van der Waals surface area contributed by atoms with Crippen LogP contribution in [0.5, 0.6) is 0 Å². The smallest absolute Gasteiger partial charge is 0.263 e. The van der Waals surface area contributed by atoms with Gasteiger partial charge in [0.15, 0.2) is 0 Å². The highest BCUT2D eigenvalue weighted by Crippen LogP contribution is 2.21. The molecule has 2 aromatic carbocycles. The van der Waals surface area contributed by atoms with Crippen molar-refractivity contribution in [1.82, 2.24) is 9.88 Å². The summed E-state index contributed by atoms with van der Waals surface area (Å²) in [5, 5.41) is 12.0. The van der Waals surface area contributed by atoms with Gasteiger partial charge in [0.25, 0.3) is 5.56 Å². The maximum atomic E-state index is 13.4. The number of allylic oxidation sites excluding steroid dienone is 2. The molecule has 136 valence electrons. The van der Waals surface area contributed by atoms with Crippen LogP contribution in [0.25, 0.3) is 22.5 Å². The van der Waals surface area contributed by atoms with Crippen LogP contribution in [-0.2, 0) is 6.42 Å². The molecule has 4 nitrogen and oxygen atoms in total. The van der Waals surface area contributed by atoms with Crippen molar-refractivity contribution in [3.8, 4) is 5.69 Å². The van der Waals surface area contributed by atoms with Crippen molar-refractivity contribution in [2.75, 3.05) is 7.05 Å². The number of fused-ring (bicyclic) bond motifs is 1. The highest BCUT2D eigenvalue weighted by Gasteiger charge is 2.12. The van der Waals surface area contributed by atoms with Crippen molar-refractivity contribution in [2.24, 2.45) is 0 Å². The molecule has 1 heterocycles. The van der Waals surface area contributed by atoms with Gasteiger partial charge >= 0.3 is 0 Å². The van der Waals surface area contributed by atoms with E-state index in [9.17, 15) is 4.79 Å². The normalized spacial score (nSPS) is 11.9. The molecule has 0 saturated heterocycles. The number of rotatable bonds is 6. The average molecular weight is 357 g/mol. The number of hydrogen-bond acceptors (Lipinski definition) is 3. The molecule has 3 rings (SSSR count). The van der Waals surface area contributed by atoms with Gasteiger partial charge in [-0.25, -0.2) is 0 Å². The minimum Gasteiger partial charge on any atom is -0.393 e. The Balaban J connectivity index is 2.27. The molecule has 4 heteroatoms. The molecule has 1 aromatic heterocycles. The summed E-state index contributed by atoms with van der Waals surface area (Å²) in [6.07, 6.45) is 7.50. The van der Waals surface area contributed by atoms with Crippen molar-refractivity contribution in [2.45, 2.75) is 13.3 Å². The molecule has 0 bridgehead atoms. The van der Waals surface area contributed by atoms with Gasteiger partial charge in [-0.05, 0) is 35.6 Å². The first-order valence-electron chi connectivity index (χ1n) is 8.98. The maximum absolute atomic E-state index is 13.4. The van der Waals surface area contributed by atoms with Crippen LogP contribution >= 0.6 is 0 Å². The molecule has 0 fully saturated rings. The molecular weight excluding hydrogens is 334 g/mol. The summed E-state index contributed by atoms with van der Waals surface area (Å²) in [6.45, 7) is 2.06. The number of aryl methyl sites for hydroxylation is 1. The van der Waals surface area contributed by atoms with Crippen LogP contribution in [0, 0.1) is 5.41 Å². The lowest BCUT2D eigenvalue weighted by molar-refractivity contribution is 0.889. The SMILES string of the molecule is CCc1cc2cccc(/C=C\C(C=N)=C\NC)c2c(=O)n1-c1ccccc1. The van der Waals surface area contributed by atoms with Gasteiger partial charge < -0.3 is 10.7 Å². The third-order valence-corrected chi connectivity index (χ3v) is 4.46. The fourth-order valence-corrected chi connectivity index (χ4v) is 3.19. The molecule has 0 aliphatic heterocycles. The van der Waals surface area contributed by atoms with Gasteiger partial charge in [0.2, 0.25) is 0 Å². The monoisotopic (exact) mass is 357 g/mol. The number of aromatic nitrogens is 1. The van der Waals surface area contributed by atoms with Gasteiger partial charge in [-0.15, -0.1) is 0 Å². The molecule has 0 unspecified atom stereocenters. The first-order valence-corrected chi connectivity index (χ1v) is 8.98. The third-order valence-electron chi connectivity index (χ3n) is 4.46. The fourth-order valence-electron chi connectivity index (χ4n) is 3.19. The Morgan fingerprint density at radius 1 is 1.15 bits per heavy atom. The average Bonchev–Trinajstić information content (AvgIpc) is 2.71. The highest BCUT2D eigenvalue weighted by atomic mass is 16.1. The molecule has 0 aliphatic rings. The molecule has 3 aromatic rings. The predicted octanol–water partition coefficient (Wildman–Crippen LogP) is 4.32. The minimum absolute atomic E-state index is 0.0233. The van der Waals surface area contributed by atoms with Crippen LogP contribution < -0.4 is 10.9 Å². The quantitative estimate of drug-likeness (QED) is 0.510. The van der Waals surface area contributed by atoms with E-state index in [1.165, 1.54) is 6.21 Å². The predicted molar refractivity (Wildman–Crippen MR) is 114 cm³/mol. The minimum atomic E-state index is -0.0233. The maximum Gasteiger partial charge on any atom is 0.263 e. The Hall–Kier alpha value is -3.40. The van der Waals surface area contributed by atoms with Gasteiger partial charge in [-0.3, -0.25) is 9.36 Å². The molecule has 0 amide bonds. The van der Waals surface area contributed by atoms with E-state index < -0.39 is 0 Å². The van der Waals surface area contributed by atoms with Gasteiger partial charge in [-0.1, -0.05) is 55.5 Å². The zero-order chi connectivity index (χ0) is 19.2. The Morgan fingerprint density at radius 2 is 1.93 bits per heavy atom. The second-order valence-corrected chi connectivity index (χ2v) is 6.19. The van der Waals surface area contributed by atoms with Crippen LogP contribution in [0.1, 0.15) is 18.2 Å². The topological polar surface area (TPSA) is 57.9 Å². The van der Waals surface area contributed by atoms with E-state index in [0.29, 0.717) is 5.39 Å². The number of pyridine rings is 1. The molecule has 0 saturated carbocycles. The van der Waals surface area contributed by atoms with Crippen LogP contribution in [0.15, 0.2) is 77.2 Å². The Kier molecular flexibility index (Phi) is 5.67. The summed E-state index contributed by atoms with van der Waals surface area (Å²) in [7, 11) is 1.79. The Morgan fingerprint density at radius 3 is 2.59 bits per heavy atom. The van der Waals surface area contributed by atoms with Crippen molar-refractivity contribution >= 4 is 23.1 Å². The summed E-state index contributed by atoms with van der Waals surface area (Å²) in [5.41, 5.74) is 3.40. The third kappa shape index (κ3) is 3.75. The van der Waals surface area contributed by atoms with E-state index >= 15 is 0 Å². The second kappa shape index (κ2) is 8.32. The van der Waals surface area contributed by atoms with E-state index in [1.54, 1.807) is 17.8 Å². The molecule has 0 atom stereocenters. The van der Waals surface area contributed by atoms with Crippen molar-refractivity contribution < 1.29 is 0 Å². The van der Waals surface area contributed by atoms with Crippen LogP contribution in [0.4, 0.5) is 0 Å². The largest absolute Gasteiger partial charge is 0.393 e. The standard InChI is InChI=1S/C23H23N3O/c1-3-20-14-19-9-7-8-18(13-12-17(15-24)16-25-2)22(19)23(27)26(20)21-10-5-4-6-11-21/h4-16,24-25H,3H2,1-2H3/b13-12-,17-16-,24-15?. The first-order chi connectivity index (χ1) is 13.2. The van der Waals surface area contributed by atoms with Crippen molar-refractivity contribution in [1.29, 1.82) is 5.41 Å². The molecule has 0 aliphatic carbocycles. The summed E-state index contributed by atoms with van der Waals surface area (Å²) < 4.78 is 1.79. The zero-order valence-electron chi connectivity index (χ0n) is 15.6. The lowest BCUT2D eigenvalue weighted by Crippen LogP contribution is -2.22. The van der Waals surface area contributed by atoms with E-state index in [0.717, 1.165) is 34.3 Å². The molecule has 0 radical (unpaired) electrons. The fraction of sp³-hybridized carbons (Fsp3) is 0.130. The second-order valence-electron chi connectivity index (χ2n) is 6.19. The lowest BCUT2D eigenvalue weighted by atomic mass is 10.0. The lowest BCUT2D eigenvalue weighted by Gasteiger charge is -2.14. The molecule has 27 heavy (non-hydrogen) atoms. The van der Waals surface area contributed by atoms with Crippen LogP contribution in [0.2, 0.25) is 0 Å².